The van der Waals surface area contributed by atoms with Gasteiger partial charge in [-0.3, -0.25) is 4.98 Å². The van der Waals surface area contributed by atoms with Gasteiger partial charge >= 0.3 is 6.03 Å². The van der Waals surface area contributed by atoms with Crippen LogP contribution < -0.4 is 15.4 Å². The molecule has 0 aliphatic rings. The molecule has 2 aromatic heterocycles. The zero-order valence-corrected chi connectivity index (χ0v) is 16.0. The number of benzene rings is 1. The summed E-state index contributed by atoms with van der Waals surface area (Å²) in [4.78, 5) is 20.7. The van der Waals surface area contributed by atoms with Gasteiger partial charge in [0.2, 0.25) is 5.89 Å². The molecule has 0 spiro atoms. The van der Waals surface area contributed by atoms with Gasteiger partial charge in [0.25, 0.3) is 0 Å². The highest BCUT2D eigenvalue weighted by molar-refractivity contribution is 5.89. The van der Waals surface area contributed by atoms with E-state index in [1.807, 2.05) is 32.0 Å². The first-order chi connectivity index (χ1) is 13.5. The molecule has 0 fully saturated rings. The average molecular weight is 381 g/mol. The maximum atomic E-state index is 12.2. The summed E-state index contributed by atoms with van der Waals surface area (Å²) in [6, 6.07) is 12.0. The van der Waals surface area contributed by atoms with Crippen molar-refractivity contribution in [1.29, 1.82) is 0 Å². The van der Waals surface area contributed by atoms with Crippen LogP contribution >= 0.6 is 0 Å². The summed E-state index contributed by atoms with van der Waals surface area (Å²) >= 11 is 0. The molecule has 3 rings (SSSR count). The van der Waals surface area contributed by atoms with Crippen molar-refractivity contribution < 1.29 is 14.1 Å². The minimum atomic E-state index is -0.402. The predicted molar refractivity (Wildman–Crippen MR) is 104 cm³/mol. The van der Waals surface area contributed by atoms with E-state index < -0.39 is 6.04 Å². The van der Waals surface area contributed by atoms with E-state index in [9.17, 15) is 4.79 Å². The van der Waals surface area contributed by atoms with E-state index in [0.29, 0.717) is 29.8 Å². The van der Waals surface area contributed by atoms with Crippen molar-refractivity contribution in [3.05, 3.63) is 66.1 Å². The van der Waals surface area contributed by atoms with Crippen LogP contribution in [-0.2, 0) is 6.61 Å². The lowest BCUT2D eigenvalue weighted by Gasteiger charge is -2.12. The van der Waals surface area contributed by atoms with Crippen molar-refractivity contribution in [3.63, 3.8) is 0 Å². The van der Waals surface area contributed by atoms with Crippen LogP contribution in [0.1, 0.15) is 50.1 Å². The molecule has 0 unspecified atom stereocenters. The molecule has 0 saturated carbocycles. The number of anilines is 1. The number of rotatable bonds is 7. The lowest BCUT2D eigenvalue weighted by atomic mass is 10.2. The number of nitrogens with one attached hydrogen (secondary N) is 2. The molecule has 2 heterocycles. The molecule has 2 N–H and O–H groups in total. The van der Waals surface area contributed by atoms with Gasteiger partial charge in [0.05, 0.1) is 5.69 Å². The fourth-order valence-corrected chi connectivity index (χ4v) is 2.36. The largest absolute Gasteiger partial charge is 0.487 e. The Kier molecular flexibility index (Phi) is 6.21. The molecule has 0 bridgehead atoms. The zero-order chi connectivity index (χ0) is 19.9. The second kappa shape index (κ2) is 8.98. The maximum absolute atomic E-state index is 12.2. The fourth-order valence-electron chi connectivity index (χ4n) is 2.36. The number of hydrogen-bond acceptors (Lipinski definition) is 6. The third kappa shape index (κ3) is 5.29. The Morgan fingerprint density at radius 2 is 1.93 bits per heavy atom. The molecule has 1 atom stereocenters. The van der Waals surface area contributed by atoms with E-state index in [1.165, 1.54) is 0 Å². The quantitative estimate of drug-likeness (QED) is 0.640. The molecule has 3 aromatic rings. The van der Waals surface area contributed by atoms with Gasteiger partial charge < -0.3 is 19.9 Å². The van der Waals surface area contributed by atoms with Crippen molar-refractivity contribution in [3.8, 4) is 5.75 Å². The number of urea groups is 1. The lowest BCUT2D eigenvalue weighted by Crippen LogP contribution is -2.31. The Hall–Kier alpha value is -3.42. The number of nitrogens with zero attached hydrogens (tertiary/aromatic N) is 3. The lowest BCUT2D eigenvalue weighted by molar-refractivity contribution is 0.245. The molecule has 146 valence electrons. The van der Waals surface area contributed by atoms with Crippen LogP contribution in [-0.4, -0.2) is 21.2 Å². The van der Waals surface area contributed by atoms with Crippen LogP contribution in [0.25, 0.3) is 0 Å². The van der Waals surface area contributed by atoms with Crippen molar-refractivity contribution in [2.24, 2.45) is 0 Å². The molecule has 0 aliphatic carbocycles. The van der Waals surface area contributed by atoms with Crippen LogP contribution in [0, 0.1) is 0 Å². The molecule has 1 aromatic carbocycles. The Morgan fingerprint density at radius 3 is 2.57 bits per heavy atom. The van der Waals surface area contributed by atoms with Gasteiger partial charge in [-0.1, -0.05) is 25.1 Å². The van der Waals surface area contributed by atoms with E-state index in [0.717, 1.165) is 5.69 Å². The summed E-state index contributed by atoms with van der Waals surface area (Å²) in [5.41, 5.74) is 1.49. The van der Waals surface area contributed by atoms with Gasteiger partial charge in [0, 0.05) is 17.8 Å². The molecule has 8 nitrogen and oxygen atoms in total. The smallest absolute Gasteiger partial charge is 0.319 e. The van der Waals surface area contributed by atoms with E-state index in [4.69, 9.17) is 9.26 Å². The van der Waals surface area contributed by atoms with Gasteiger partial charge in [-0.15, -0.1) is 0 Å². The minimum Gasteiger partial charge on any atom is -0.487 e. The third-order valence-electron chi connectivity index (χ3n) is 3.92. The number of hydrogen-bond donors (Lipinski definition) is 2. The summed E-state index contributed by atoms with van der Waals surface area (Å²) in [5, 5.41) is 9.44. The molecule has 8 heteroatoms. The Labute approximate surface area is 163 Å². The maximum Gasteiger partial charge on any atom is 0.319 e. The number of pyridine rings is 1. The van der Waals surface area contributed by atoms with Gasteiger partial charge in [0.15, 0.2) is 5.82 Å². The van der Waals surface area contributed by atoms with Crippen LogP contribution in [0.2, 0.25) is 0 Å². The number of aromatic nitrogens is 3. The molecule has 0 saturated heterocycles. The third-order valence-corrected chi connectivity index (χ3v) is 3.92. The molecule has 28 heavy (non-hydrogen) atoms. The average Bonchev–Trinajstić information content (AvgIpc) is 3.19. The van der Waals surface area contributed by atoms with Gasteiger partial charge in [0.1, 0.15) is 18.4 Å². The summed E-state index contributed by atoms with van der Waals surface area (Å²) in [5.74, 6) is 1.84. The SMILES string of the molecule is CC(C)c1noc([C@H](C)NC(=O)Nc2ccc(OCc3ccccn3)cc2)n1. The number of carbonyl (C=O) groups excluding carboxylic acids is 1. The van der Waals surface area contributed by atoms with Gasteiger partial charge in [-0.25, -0.2) is 4.79 Å². The normalized spacial score (nSPS) is 11.9. The minimum absolute atomic E-state index is 0.164. The highest BCUT2D eigenvalue weighted by atomic mass is 16.5. The van der Waals surface area contributed by atoms with Crippen molar-refractivity contribution in [1.82, 2.24) is 20.4 Å². The van der Waals surface area contributed by atoms with Gasteiger partial charge in [-0.2, -0.15) is 4.98 Å². The van der Waals surface area contributed by atoms with E-state index in [2.05, 4.69) is 25.8 Å². The van der Waals surface area contributed by atoms with E-state index in [1.54, 1.807) is 37.4 Å². The van der Waals surface area contributed by atoms with Crippen LogP contribution in [0.4, 0.5) is 10.5 Å². The first kappa shape index (κ1) is 19.3. The van der Waals surface area contributed by atoms with Crippen molar-refractivity contribution in [2.45, 2.75) is 39.3 Å². The van der Waals surface area contributed by atoms with E-state index >= 15 is 0 Å². The van der Waals surface area contributed by atoms with Crippen molar-refractivity contribution >= 4 is 11.7 Å². The Morgan fingerprint density at radius 1 is 1.14 bits per heavy atom. The summed E-state index contributed by atoms with van der Waals surface area (Å²) in [7, 11) is 0. The number of amides is 2. The van der Waals surface area contributed by atoms with Crippen LogP contribution in [0.5, 0.6) is 5.75 Å². The molecule has 0 aliphatic heterocycles. The molecule has 2 amide bonds. The molecule has 0 radical (unpaired) electrons. The molecular formula is C20H23N5O3. The van der Waals surface area contributed by atoms with Gasteiger partial charge in [-0.05, 0) is 43.3 Å². The zero-order valence-electron chi connectivity index (χ0n) is 16.0. The number of carbonyl (C=O) groups is 1. The summed E-state index contributed by atoms with van der Waals surface area (Å²) in [6.45, 7) is 6.12. The fraction of sp³-hybridized carbons (Fsp3) is 0.300. The van der Waals surface area contributed by atoms with Crippen LogP contribution in [0.3, 0.4) is 0 Å². The topological polar surface area (TPSA) is 102 Å². The Bertz CT molecular complexity index is 894. The Balaban J connectivity index is 1.49. The highest BCUT2D eigenvalue weighted by Crippen LogP contribution is 2.18. The van der Waals surface area contributed by atoms with Crippen molar-refractivity contribution in [2.75, 3.05) is 5.32 Å². The first-order valence-electron chi connectivity index (χ1n) is 9.05. The van der Waals surface area contributed by atoms with Crippen LogP contribution in [0.15, 0.2) is 53.2 Å². The van der Waals surface area contributed by atoms with E-state index in [-0.39, 0.29) is 11.9 Å². The second-order valence-corrected chi connectivity index (χ2v) is 6.60. The second-order valence-electron chi connectivity index (χ2n) is 6.60. The predicted octanol–water partition coefficient (Wildman–Crippen LogP) is 4.05. The first-order valence-corrected chi connectivity index (χ1v) is 9.05. The number of ether oxygens (including phenoxy) is 1. The summed E-state index contributed by atoms with van der Waals surface area (Å²) < 4.78 is 10.9. The summed E-state index contributed by atoms with van der Waals surface area (Å²) in [6.07, 6.45) is 1.73. The monoisotopic (exact) mass is 381 g/mol. The molecular weight excluding hydrogens is 358 g/mol. The highest BCUT2D eigenvalue weighted by Gasteiger charge is 2.17. The standard InChI is InChI=1S/C20H23N5O3/c1-13(2)18-24-19(28-25-18)14(3)22-20(26)23-15-7-9-17(10-8-15)27-12-16-6-4-5-11-21-16/h4-11,13-14H,12H2,1-3H3,(H2,22,23,26)/t14-/m0/s1.